The third-order valence-corrected chi connectivity index (χ3v) is 9.53. The molecule has 3 heterocycles. The van der Waals surface area contributed by atoms with Gasteiger partial charge in [0.25, 0.3) is 11.1 Å². The predicted molar refractivity (Wildman–Crippen MR) is 139 cm³/mol. The number of thiazole rings is 1. The zero-order chi connectivity index (χ0) is 25.4. The first-order chi connectivity index (χ1) is 17.2. The number of ether oxygens (including phenoxy) is 2. The summed E-state index contributed by atoms with van der Waals surface area (Å²) in [6, 6.07) is 11.9. The number of hydrogen-bond donors (Lipinski definition) is 0. The molecule has 1 amide bonds. The van der Waals surface area contributed by atoms with E-state index < -0.39 is 10.0 Å². The third kappa shape index (κ3) is 5.24. The smallest absolute Gasteiger partial charge is 0.274 e. The quantitative estimate of drug-likeness (QED) is 0.468. The molecule has 2 aromatic carbocycles. The summed E-state index contributed by atoms with van der Waals surface area (Å²) >= 11 is 7.68. The Balaban J connectivity index is 1.19. The Morgan fingerprint density at radius 2 is 1.75 bits per heavy atom. The van der Waals surface area contributed by atoms with Crippen LogP contribution < -0.4 is 4.74 Å². The van der Waals surface area contributed by atoms with Crippen molar-refractivity contribution < 1.29 is 22.7 Å². The molecule has 8 nitrogen and oxygen atoms in total. The number of carbonyl (C=O) groups is 1. The summed E-state index contributed by atoms with van der Waals surface area (Å²) in [5, 5.41) is 1.19. The standard InChI is InChI=1S/C25H28ClN3O5S2/c1-16-14-29(15-17(2)33-16)36(31,32)20-8-6-18(7-9-20)24(30)28-12-10-19(11-13-28)34-25-27-23-21(26)4-3-5-22(23)35-25/h3-9,16-17,19H,10-15H2,1-2H3. The Bertz CT molecular complexity index is 1340. The van der Waals surface area contributed by atoms with Crippen LogP contribution in [-0.4, -0.2) is 73.0 Å². The van der Waals surface area contributed by atoms with Crippen molar-refractivity contribution in [2.24, 2.45) is 0 Å². The van der Waals surface area contributed by atoms with E-state index in [9.17, 15) is 13.2 Å². The highest BCUT2D eigenvalue weighted by atomic mass is 35.5. The van der Waals surface area contributed by atoms with Gasteiger partial charge in [-0.3, -0.25) is 4.79 Å². The Kier molecular flexibility index (Phi) is 7.24. The van der Waals surface area contributed by atoms with Gasteiger partial charge < -0.3 is 14.4 Å². The minimum absolute atomic E-state index is 0.0285. The molecule has 1 aromatic heterocycles. The van der Waals surface area contributed by atoms with Crippen LogP contribution in [0, 0.1) is 0 Å². The number of hydrogen-bond acceptors (Lipinski definition) is 7. The van der Waals surface area contributed by atoms with Crippen molar-refractivity contribution >= 4 is 49.1 Å². The van der Waals surface area contributed by atoms with Crippen LogP contribution in [0.2, 0.25) is 5.02 Å². The number of benzene rings is 2. The molecule has 3 aromatic rings. The van der Waals surface area contributed by atoms with E-state index in [-0.39, 0.29) is 29.1 Å². The summed E-state index contributed by atoms with van der Waals surface area (Å²) in [7, 11) is -3.65. The Hall–Kier alpha value is -2.24. The molecule has 2 unspecified atom stereocenters. The number of nitrogens with zero attached hydrogens (tertiary/aromatic N) is 3. The van der Waals surface area contributed by atoms with Gasteiger partial charge in [-0.15, -0.1) is 0 Å². The Morgan fingerprint density at radius 3 is 2.39 bits per heavy atom. The summed E-state index contributed by atoms with van der Waals surface area (Å²) in [4.78, 5) is 19.5. The van der Waals surface area contributed by atoms with Crippen LogP contribution in [0.4, 0.5) is 0 Å². The highest BCUT2D eigenvalue weighted by molar-refractivity contribution is 7.89. The molecule has 0 N–H and O–H groups in total. The largest absolute Gasteiger partial charge is 0.467 e. The molecule has 11 heteroatoms. The van der Waals surface area contributed by atoms with Crippen molar-refractivity contribution in [3.05, 3.63) is 53.1 Å². The zero-order valence-electron chi connectivity index (χ0n) is 20.1. The highest BCUT2D eigenvalue weighted by Crippen LogP contribution is 2.33. The van der Waals surface area contributed by atoms with Crippen LogP contribution >= 0.6 is 22.9 Å². The zero-order valence-corrected chi connectivity index (χ0v) is 22.5. The van der Waals surface area contributed by atoms with Crippen LogP contribution in [0.5, 0.6) is 5.19 Å². The van der Waals surface area contributed by atoms with E-state index in [1.807, 2.05) is 32.0 Å². The number of sulfonamides is 1. The molecule has 36 heavy (non-hydrogen) atoms. The molecule has 0 spiro atoms. The molecule has 0 bridgehead atoms. The number of aromatic nitrogens is 1. The molecule has 2 fully saturated rings. The normalized spacial score (nSPS) is 22.1. The van der Waals surface area contributed by atoms with Gasteiger partial charge in [0.15, 0.2) is 0 Å². The van der Waals surface area contributed by atoms with Gasteiger partial charge in [0.1, 0.15) is 11.6 Å². The van der Waals surface area contributed by atoms with Crippen LogP contribution in [0.3, 0.4) is 0 Å². The average Bonchev–Trinajstić information content (AvgIpc) is 3.27. The fourth-order valence-corrected chi connectivity index (χ4v) is 7.46. The molecule has 2 atom stereocenters. The van der Waals surface area contributed by atoms with Crippen LogP contribution in [0.1, 0.15) is 37.0 Å². The highest BCUT2D eigenvalue weighted by Gasteiger charge is 2.32. The van der Waals surface area contributed by atoms with E-state index in [1.54, 1.807) is 17.0 Å². The first-order valence-electron chi connectivity index (χ1n) is 12.0. The van der Waals surface area contributed by atoms with E-state index in [0.717, 1.165) is 10.2 Å². The van der Waals surface area contributed by atoms with Gasteiger partial charge in [-0.25, -0.2) is 13.4 Å². The molecule has 5 rings (SSSR count). The summed E-state index contributed by atoms with van der Waals surface area (Å²) in [5.74, 6) is -0.113. The molecular formula is C25H28ClN3O5S2. The number of halogens is 1. The van der Waals surface area contributed by atoms with Gasteiger partial charge in [0.2, 0.25) is 10.0 Å². The topological polar surface area (TPSA) is 89.0 Å². The number of morpholine rings is 1. The fourth-order valence-electron chi connectivity index (χ4n) is 4.69. The minimum atomic E-state index is -3.65. The first-order valence-corrected chi connectivity index (χ1v) is 14.6. The second-order valence-electron chi connectivity index (χ2n) is 9.28. The lowest BCUT2D eigenvalue weighted by Crippen LogP contribution is -2.48. The number of likely N-dealkylation sites (tertiary alicyclic amines) is 1. The summed E-state index contributed by atoms with van der Waals surface area (Å²) in [6.45, 7) is 5.46. The van der Waals surface area contributed by atoms with Crippen molar-refractivity contribution in [3.8, 4) is 5.19 Å². The molecule has 2 saturated heterocycles. The number of para-hydroxylation sites is 1. The average molecular weight is 550 g/mol. The summed E-state index contributed by atoms with van der Waals surface area (Å²) in [5.41, 5.74) is 1.22. The molecule has 2 aliphatic heterocycles. The monoisotopic (exact) mass is 549 g/mol. The third-order valence-electron chi connectivity index (χ3n) is 6.47. The lowest BCUT2D eigenvalue weighted by molar-refractivity contribution is -0.0440. The van der Waals surface area contributed by atoms with Gasteiger partial charge in [-0.05, 0) is 50.2 Å². The second-order valence-corrected chi connectivity index (χ2v) is 12.6. The van der Waals surface area contributed by atoms with Crippen molar-refractivity contribution in [1.29, 1.82) is 0 Å². The molecular weight excluding hydrogens is 522 g/mol. The maximum Gasteiger partial charge on any atom is 0.274 e. The van der Waals surface area contributed by atoms with Crippen molar-refractivity contribution in [2.75, 3.05) is 26.2 Å². The molecule has 0 radical (unpaired) electrons. The van der Waals surface area contributed by atoms with E-state index in [1.165, 1.54) is 27.8 Å². The summed E-state index contributed by atoms with van der Waals surface area (Å²) in [6.07, 6.45) is 1.02. The lowest BCUT2D eigenvalue weighted by Gasteiger charge is -2.34. The predicted octanol–water partition coefficient (Wildman–Crippen LogP) is 4.43. The number of fused-ring (bicyclic) bond motifs is 1. The van der Waals surface area contributed by atoms with Crippen molar-refractivity contribution in [2.45, 2.75) is 49.9 Å². The Morgan fingerprint density at radius 1 is 1.08 bits per heavy atom. The van der Waals surface area contributed by atoms with Gasteiger partial charge in [-0.1, -0.05) is 29.0 Å². The number of carbonyl (C=O) groups excluding carboxylic acids is 1. The van der Waals surface area contributed by atoms with Crippen LogP contribution in [0.25, 0.3) is 10.2 Å². The molecule has 0 aliphatic carbocycles. The number of piperidine rings is 1. The van der Waals surface area contributed by atoms with E-state index in [4.69, 9.17) is 21.1 Å². The van der Waals surface area contributed by atoms with E-state index in [2.05, 4.69) is 4.98 Å². The minimum Gasteiger partial charge on any atom is -0.467 e. The maximum atomic E-state index is 13.1. The first kappa shape index (κ1) is 25.4. The van der Waals surface area contributed by atoms with Gasteiger partial charge in [0.05, 0.1) is 26.8 Å². The molecule has 192 valence electrons. The van der Waals surface area contributed by atoms with E-state index in [0.29, 0.717) is 54.8 Å². The number of amides is 1. The SMILES string of the molecule is CC1CN(S(=O)(=O)c2ccc(C(=O)N3CCC(Oc4nc5c(Cl)cccc5s4)CC3)cc2)CC(C)O1. The van der Waals surface area contributed by atoms with Crippen molar-refractivity contribution in [3.63, 3.8) is 0 Å². The van der Waals surface area contributed by atoms with Gasteiger partial charge >= 0.3 is 0 Å². The van der Waals surface area contributed by atoms with Crippen molar-refractivity contribution in [1.82, 2.24) is 14.2 Å². The lowest BCUT2D eigenvalue weighted by atomic mass is 10.1. The maximum absolute atomic E-state index is 13.1. The van der Waals surface area contributed by atoms with Crippen LogP contribution in [-0.2, 0) is 14.8 Å². The van der Waals surface area contributed by atoms with Gasteiger partial charge in [-0.2, -0.15) is 4.31 Å². The Labute approximate surface area is 219 Å². The fraction of sp³-hybridized carbons (Fsp3) is 0.440. The molecule has 2 aliphatic rings. The summed E-state index contributed by atoms with van der Waals surface area (Å²) < 4.78 is 40.3. The second kappa shape index (κ2) is 10.3. The van der Waals surface area contributed by atoms with Crippen LogP contribution in [0.15, 0.2) is 47.4 Å². The number of rotatable bonds is 5. The van der Waals surface area contributed by atoms with Gasteiger partial charge in [0, 0.05) is 44.6 Å². The molecule has 0 saturated carbocycles. The van der Waals surface area contributed by atoms with E-state index >= 15 is 0 Å².